The first kappa shape index (κ1) is 15.6. The summed E-state index contributed by atoms with van der Waals surface area (Å²) < 4.78 is 10.7. The summed E-state index contributed by atoms with van der Waals surface area (Å²) in [5, 5.41) is 2.73. The van der Waals surface area contributed by atoms with E-state index in [0.29, 0.717) is 23.8 Å². The number of amides is 1. The number of pyridine rings is 1. The number of carbonyl (C=O) groups is 1. The molecule has 0 fully saturated rings. The molecule has 1 amide bonds. The number of nitrogens with zero attached hydrogens (tertiary/aromatic N) is 1. The molecule has 1 heterocycles. The molecule has 1 aromatic carbocycles. The molecule has 0 spiro atoms. The van der Waals surface area contributed by atoms with Gasteiger partial charge in [0.05, 0.1) is 25.6 Å². The molecule has 0 radical (unpaired) electrons. The van der Waals surface area contributed by atoms with Gasteiger partial charge in [0.15, 0.2) is 11.5 Å². The Balaban J connectivity index is 2.04. The van der Waals surface area contributed by atoms with E-state index in [2.05, 4.69) is 10.3 Å². The second kappa shape index (κ2) is 7.83. The van der Waals surface area contributed by atoms with Crippen LogP contribution in [0.2, 0.25) is 0 Å². The molecule has 1 N–H and O–H groups in total. The number of carbonyl (C=O) groups excluding carboxylic acids is 1. The Bertz CT molecular complexity index is 654. The Morgan fingerprint density at radius 2 is 2.18 bits per heavy atom. The lowest BCUT2D eigenvalue weighted by atomic mass is 10.2. The first-order chi connectivity index (χ1) is 10.7. The second-order valence-electron chi connectivity index (χ2n) is 4.41. The Hall–Kier alpha value is -2.82. The van der Waals surface area contributed by atoms with Crippen LogP contribution in [0.5, 0.6) is 11.5 Å². The topological polar surface area (TPSA) is 60.5 Å². The summed E-state index contributed by atoms with van der Waals surface area (Å²) in [6.45, 7) is 2.48. The van der Waals surface area contributed by atoms with E-state index >= 15 is 0 Å². The van der Waals surface area contributed by atoms with Crippen molar-refractivity contribution in [3.05, 3.63) is 54.4 Å². The third-order valence-electron chi connectivity index (χ3n) is 2.84. The predicted octanol–water partition coefficient (Wildman–Crippen LogP) is 3.14. The van der Waals surface area contributed by atoms with Gasteiger partial charge in [-0.3, -0.25) is 9.78 Å². The normalized spacial score (nSPS) is 10.5. The molecule has 0 unspecified atom stereocenters. The molecule has 0 atom stereocenters. The van der Waals surface area contributed by atoms with Gasteiger partial charge in [0.2, 0.25) is 5.91 Å². The third kappa shape index (κ3) is 4.34. The fourth-order valence-electron chi connectivity index (χ4n) is 1.86. The van der Waals surface area contributed by atoms with Crippen molar-refractivity contribution in [1.29, 1.82) is 0 Å². The van der Waals surface area contributed by atoms with Crippen molar-refractivity contribution in [2.75, 3.05) is 19.0 Å². The predicted molar refractivity (Wildman–Crippen MR) is 86.1 cm³/mol. The summed E-state index contributed by atoms with van der Waals surface area (Å²) in [6, 6.07) is 9.04. The van der Waals surface area contributed by atoms with Gasteiger partial charge >= 0.3 is 0 Å². The highest BCUT2D eigenvalue weighted by molar-refractivity contribution is 6.01. The summed E-state index contributed by atoms with van der Waals surface area (Å²) in [4.78, 5) is 15.8. The van der Waals surface area contributed by atoms with E-state index in [1.165, 1.54) is 6.08 Å². The van der Waals surface area contributed by atoms with E-state index in [-0.39, 0.29) is 5.91 Å². The molecule has 2 aromatic rings. The number of hydrogen-bond donors (Lipinski definition) is 1. The van der Waals surface area contributed by atoms with E-state index in [1.807, 2.05) is 25.1 Å². The van der Waals surface area contributed by atoms with Gasteiger partial charge in [-0.2, -0.15) is 0 Å². The van der Waals surface area contributed by atoms with Crippen LogP contribution >= 0.6 is 0 Å². The van der Waals surface area contributed by atoms with Crippen molar-refractivity contribution >= 4 is 17.7 Å². The molecule has 1 aromatic heterocycles. The van der Waals surface area contributed by atoms with Crippen LogP contribution in [0.4, 0.5) is 5.69 Å². The van der Waals surface area contributed by atoms with Gasteiger partial charge in [0, 0.05) is 12.3 Å². The quantitative estimate of drug-likeness (QED) is 0.832. The molecule has 0 bridgehead atoms. The lowest BCUT2D eigenvalue weighted by Crippen LogP contribution is -2.07. The van der Waals surface area contributed by atoms with E-state index in [1.54, 1.807) is 37.7 Å². The van der Waals surface area contributed by atoms with E-state index in [0.717, 1.165) is 5.56 Å². The summed E-state index contributed by atoms with van der Waals surface area (Å²) in [5.74, 6) is 1.10. The smallest absolute Gasteiger partial charge is 0.248 e. The van der Waals surface area contributed by atoms with Gasteiger partial charge < -0.3 is 14.8 Å². The Morgan fingerprint density at radius 1 is 1.32 bits per heavy atom. The van der Waals surface area contributed by atoms with E-state index < -0.39 is 0 Å². The first-order valence-corrected chi connectivity index (χ1v) is 6.93. The number of methoxy groups -OCH3 is 1. The average Bonchev–Trinajstić information content (AvgIpc) is 2.55. The SMILES string of the molecule is CCOc1ccc(/C=C/C(=O)Nc2cccnc2)cc1OC. The van der Waals surface area contributed by atoms with Crippen LogP contribution < -0.4 is 14.8 Å². The van der Waals surface area contributed by atoms with Crippen molar-refractivity contribution in [2.45, 2.75) is 6.92 Å². The highest BCUT2D eigenvalue weighted by Crippen LogP contribution is 2.28. The number of benzene rings is 1. The van der Waals surface area contributed by atoms with E-state index in [4.69, 9.17) is 9.47 Å². The van der Waals surface area contributed by atoms with Gasteiger partial charge in [-0.15, -0.1) is 0 Å². The minimum absolute atomic E-state index is 0.221. The Kier molecular flexibility index (Phi) is 5.54. The maximum Gasteiger partial charge on any atom is 0.248 e. The number of anilines is 1. The fraction of sp³-hybridized carbons (Fsp3) is 0.176. The van der Waals surface area contributed by atoms with Crippen LogP contribution in [0.1, 0.15) is 12.5 Å². The van der Waals surface area contributed by atoms with Crippen LogP contribution in [-0.4, -0.2) is 24.6 Å². The second-order valence-corrected chi connectivity index (χ2v) is 4.41. The summed E-state index contributed by atoms with van der Waals surface area (Å²) in [6.07, 6.45) is 6.41. The largest absolute Gasteiger partial charge is 0.493 e. The van der Waals surface area contributed by atoms with Crippen LogP contribution in [0.25, 0.3) is 6.08 Å². The Labute approximate surface area is 129 Å². The number of aromatic nitrogens is 1. The van der Waals surface area contributed by atoms with Crippen LogP contribution in [0.15, 0.2) is 48.8 Å². The van der Waals surface area contributed by atoms with Crippen molar-refractivity contribution in [3.8, 4) is 11.5 Å². The van der Waals surface area contributed by atoms with E-state index in [9.17, 15) is 4.79 Å². The van der Waals surface area contributed by atoms with Crippen LogP contribution in [-0.2, 0) is 4.79 Å². The molecule has 0 aliphatic rings. The zero-order valence-electron chi connectivity index (χ0n) is 12.6. The highest BCUT2D eigenvalue weighted by atomic mass is 16.5. The molecule has 22 heavy (non-hydrogen) atoms. The zero-order valence-corrected chi connectivity index (χ0v) is 12.6. The monoisotopic (exact) mass is 298 g/mol. The van der Waals surface area contributed by atoms with Crippen molar-refractivity contribution in [3.63, 3.8) is 0 Å². The maximum atomic E-state index is 11.8. The van der Waals surface area contributed by atoms with Crippen LogP contribution in [0.3, 0.4) is 0 Å². The lowest BCUT2D eigenvalue weighted by molar-refractivity contribution is -0.111. The van der Waals surface area contributed by atoms with Crippen LogP contribution in [0, 0.1) is 0 Å². The van der Waals surface area contributed by atoms with Gasteiger partial charge in [0.1, 0.15) is 0 Å². The minimum atomic E-state index is -0.221. The standard InChI is InChI=1S/C17H18N2O3/c1-3-22-15-8-6-13(11-16(15)21-2)7-9-17(20)19-14-5-4-10-18-12-14/h4-12H,3H2,1-2H3,(H,19,20)/b9-7+. The molecular weight excluding hydrogens is 280 g/mol. The number of ether oxygens (including phenoxy) is 2. The van der Waals surface area contributed by atoms with Crippen molar-refractivity contribution in [1.82, 2.24) is 4.98 Å². The summed E-state index contributed by atoms with van der Waals surface area (Å²) in [5.41, 5.74) is 1.50. The zero-order chi connectivity index (χ0) is 15.8. The van der Waals surface area contributed by atoms with Gasteiger partial charge in [0.25, 0.3) is 0 Å². The molecule has 114 valence electrons. The minimum Gasteiger partial charge on any atom is -0.493 e. The molecule has 0 aliphatic carbocycles. The maximum absolute atomic E-state index is 11.8. The third-order valence-corrected chi connectivity index (χ3v) is 2.84. The lowest BCUT2D eigenvalue weighted by Gasteiger charge is -2.09. The molecular formula is C17H18N2O3. The molecule has 2 rings (SSSR count). The Morgan fingerprint density at radius 3 is 2.86 bits per heavy atom. The number of nitrogens with one attached hydrogen (secondary N) is 1. The molecule has 0 saturated heterocycles. The van der Waals surface area contributed by atoms with Crippen molar-refractivity contribution in [2.24, 2.45) is 0 Å². The highest BCUT2D eigenvalue weighted by Gasteiger charge is 2.04. The van der Waals surface area contributed by atoms with Gasteiger partial charge in [-0.1, -0.05) is 6.07 Å². The molecule has 5 nitrogen and oxygen atoms in total. The fourth-order valence-corrected chi connectivity index (χ4v) is 1.86. The molecule has 5 heteroatoms. The molecule has 0 aliphatic heterocycles. The first-order valence-electron chi connectivity index (χ1n) is 6.93. The summed E-state index contributed by atoms with van der Waals surface area (Å²) >= 11 is 0. The molecule has 0 saturated carbocycles. The number of hydrogen-bond acceptors (Lipinski definition) is 4. The van der Waals surface area contributed by atoms with Crippen molar-refractivity contribution < 1.29 is 14.3 Å². The summed E-state index contributed by atoms with van der Waals surface area (Å²) in [7, 11) is 1.58. The average molecular weight is 298 g/mol. The van der Waals surface area contributed by atoms with Gasteiger partial charge in [-0.05, 0) is 42.8 Å². The number of rotatable bonds is 6. The van der Waals surface area contributed by atoms with Gasteiger partial charge in [-0.25, -0.2) is 0 Å².